The molecule has 0 bridgehead atoms. The molecule has 0 heterocycles. The highest BCUT2D eigenvalue weighted by molar-refractivity contribution is 5.81. The van der Waals surface area contributed by atoms with Crippen molar-refractivity contribution in [2.45, 2.75) is 51.7 Å². The third-order valence-corrected chi connectivity index (χ3v) is 2.81. The maximum absolute atomic E-state index is 13.8. The lowest BCUT2D eigenvalue weighted by atomic mass is 9.86. The van der Waals surface area contributed by atoms with E-state index in [-0.39, 0.29) is 12.3 Å². The minimum absolute atomic E-state index is 0.0395. The van der Waals surface area contributed by atoms with Gasteiger partial charge in [-0.1, -0.05) is 20.4 Å². The quantitative estimate of drug-likeness (QED) is 0.445. The molecule has 3 nitrogen and oxygen atoms in total. The second kappa shape index (κ2) is 7.06. The van der Waals surface area contributed by atoms with Crippen LogP contribution >= 0.6 is 0 Å². The third kappa shape index (κ3) is 5.90. The van der Waals surface area contributed by atoms with E-state index in [2.05, 4.69) is 11.3 Å². The highest BCUT2D eigenvalue weighted by Crippen LogP contribution is 2.38. The average Bonchev–Trinajstić information content (AvgIpc) is 2.25. The first-order valence-corrected chi connectivity index (χ1v) is 6.17. The van der Waals surface area contributed by atoms with Crippen LogP contribution in [0.15, 0.2) is 12.7 Å². The minimum atomic E-state index is -4.88. The molecule has 118 valence electrons. The second-order valence-electron chi connectivity index (χ2n) is 5.36. The van der Waals surface area contributed by atoms with E-state index in [1.807, 2.05) is 0 Å². The zero-order valence-electron chi connectivity index (χ0n) is 11.7. The number of aliphatic hydroxyl groups is 1. The van der Waals surface area contributed by atoms with Crippen LogP contribution in [0, 0.1) is 11.8 Å². The number of hydrogen-bond donors (Lipinski definition) is 1. The predicted octanol–water partition coefficient (Wildman–Crippen LogP) is 3.38. The van der Waals surface area contributed by atoms with Crippen molar-refractivity contribution in [3.8, 4) is 0 Å². The molecule has 0 aliphatic rings. The van der Waals surface area contributed by atoms with E-state index in [1.54, 1.807) is 13.8 Å². The molecule has 1 N–H and O–H groups in total. The summed E-state index contributed by atoms with van der Waals surface area (Å²) in [6.07, 6.45) is -7.24. The molecule has 0 saturated heterocycles. The van der Waals surface area contributed by atoms with Gasteiger partial charge in [0, 0.05) is 12.0 Å². The zero-order chi connectivity index (χ0) is 16.1. The van der Waals surface area contributed by atoms with E-state index in [9.17, 15) is 27.5 Å². The number of ether oxygens (including phenoxy) is 1. The molecule has 0 saturated carbocycles. The van der Waals surface area contributed by atoms with Gasteiger partial charge in [0.1, 0.15) is 0 Å². The maximum Gasteiger partial charge on any atom is 0.416 e. The van der Waals surface area contributed by atoms with E-state index < -0.39 is 36.4 Å². The van der Waals surface area contributed by atoms with Crippen molar-refractivity contribution in [3.05, 3.63) is 12.7 Å². The Labute approximate surface area is 115 Å². The Morgan fingerprint density at radius 2 is 1.90 bits per heavy atom. The van der Waals surface area contributed by atoms with Gasteiger partial charge in [0.2, 0.25) is 6.36 Å². The van der Waals surface area contributed by atoms with Gasteiger partial charge in [-0.2, -0.15) is 13.2 Å². The van der Waals surface area contributed by atoms with E-state index in [0.717, 1.165) is 6.08 Å². The minimum Gasteiger partial charge on any atom is -0.428 e. The van der Waals surface area contributed by atoms with Crippen LogP contribution in [0.1, 0.15) is 33.6 Å². The summed E-state index contributed by atoms with van der Waals surface area (Å²) in [5.41, 5.74) is -3.04. The first-order valence-electron chi connectivity index (χ1n) is 6.17. The van der Waals surface area contributed by atoms with Crippen LogP contribution in [0.3, 0.4) is 0 Å². The molecule has 0 rings (SSSR count). The van der Waals surface area contributed by atoms with Crippen molar-refractivity contribution < 1.29 is 32.2 Å². The number of rotatable bonds is 7. The Morgan fingerprint density at radius 1 is 1.40 bits per heavy atom. The fourth-order valence-electron chi connectivity index (χ4n) is 1.77. The molecule has 7 heteroatoms. The fraction of sp³-hybridized carbons (Fsp3) is 0.769. The van der Waals surface area contributed by atoms with E-state index in [0.29, 0.717) is 6.92 Å². The monoisotopic (exact) mass is 300 g/mol. The van der Waals surface area contributed by atoms with Crippen molar-refractivity contribution in [1.82, 2.24) is 0 Å². The normalized spacial score (nSPS) is 18.2. The predicted molar refractivity (Wildman–Crippen MR) is 65.4 cm³/mol. The Morgan fingerprint density at radius 3 is 2.25 bits per heavy atom. The summed E-state index contributed by atoms with van der Waals surface area (Å²) in [6.45, 7) is 7.03. The lowest BCUT2D eigenvalue weighted by Gasteiger charge is -2.32. The third-order valence-electron chi connectivity index (χ3n) is 2.81. The van der Waals surface area contributed by atoms with Gasteiger partial charge in [0.05, 0.1) is 0 Å². The van der Waals surface area contributed by atoms with Gasteiger partial charge in [-0.3, -0.25) is 0 Å². The fourth-order valence-corrected chi connectivity index (χ4v) is 1.77. The lowest BCUT2D eigenvalue weighted by Crippen LogP contribution is -2.45. The molecule has 0 aliphatic heterocycles. The maximum atomic E-state index is 13.8. The van der Waals surface area contributed by atoms with Crippen molar-refractivity contribution in [2.24, 2.45) is 11.8 Å². The first-order chi connectivity index (χ1) is 8.90. The van der Waals surface area contributed by atoms with E-state index >= 15 is 0 Å². The summed E-state index contributed by atoms with van der Waals surface area (Å²) < 4.78 is 56.0. The van der Waals surface area contributed by atoms with Crippen LogP contribution in [-0.4, -0.2) is 29.2 Å². The van der Waals surface area contributed by atoms with E-state index in [1.165, 1.54) is 0 Å². The van der Waals surface area contributed by atoms with E-state index in [4.69, 9.17) is 0 Å². The Hall–Kier alpha value is -1.11. The van der Waals surface area contributed by atoms with Crippen LogP contribution in [-0.2, 0) is 9.53 Å². The van der Waals surface area contributed by atoms with Crippen LogP contribution in [0.4, 0.5) is 17.6 Å². The Balaban J connectivity index is 4.97. The SMILES string of the molecule is C=CC(=O)OC(F)C(CC(C)C)CC(C)(O)C(F)(F)F. The first kappa shape index (κ1) is 18.9. The summed E-state index contributed by atoms with van der Waals surface area (Å²) in [5.74, 6) is -2.43. The highest BCUT2D eigenvalue weighted by Gasteiger charge is 2.51. The standard InChI is InChI=1S/C13H20F4O3/c1-5-10(18)20-11(14)9(6-8(2)3)7-12(4,19)13(15,16)17/h5,8-9,11,19H,1,6-7H2,2-4H3. The smallest absolute Gasteiger partial charge is 0.416 e. The van der Waals surface area contributed by atoms with Gasteiger partial charge in [0.25, 0.3) is 0 Å². The molecule has 3 atom stereocenters. The molecule has 0 aromatic carbocycles. The molecule has 0 aromatic rings. The summed E-state index contributed by atoms with van der Waals surface area (Å²) in [6, 6.07) is 0. The number of alkyl halides is 4. The van der Waals surface area contributed by atoms with Crippen molar-refractivity contribution in [3.63, 3.8) is 0 Å². The van der Waals surface area contributed by atoms with Gasteiger partial charge in [-0.25, -0.2) is 9.18 Å². The van der Waals surface area contributed by atoms with Crippen molar-refractivity contribution in [2.75, 3.05) is 0 Å². The summed E-state index contributed by atoms with van der Waals surface area (Å²) in [4.78, 5) is 10.9. The molecule has 0 amide bonds. The number of halogens is 4. The van der Waals surface area contributed by atoms with Crippen LogP contribution in [0.5, 0.6) is 0 Å². The van der Waals surface area contributed by atoms with Crippen LogP contribution in [0.2, 0.25) is 0 Å². The molecule has 0 aliphatic carbocycles. The van der Waals surface area contributed by atoms with Gasteiger partial charge in [-0.15, -0.1) is 0 Å². The number of carbonyl (C=O) groups excluding carboxylic acids is 1. The topological polar surface area (TPSA) is 46.5 Å². The second-order valence-corrected chi connectivity index (χ2v) is 5.36. The zero-order valence-corrected chi connectivity index (χ0v) is 11.7. The number of carbonyl (C=O) groups is 1. The largest absolute Gasteiger partial charge is 0.428 e. The van der Waals surface area contributed by atoms with Gasteiger partial charge in [-0.05, 0) is 25.7 Å². The number of hydrogen-bond acceptors (Lipinski definition) is 3. The molecule has 0 radical (unpaired) electrons. The molecule has 0 fully saturated rings. The lowest BCUT2D eigenvalue weighted by molar-refractivity contribution is -0.263. The van der Waals surface area contributed by atoms with Gasteiger partial charge in [0.15, 0.2) is 5.60 Å². The molecular weight excluding hydrogens is 280 g/mol. The van der Waals surface area contributed by atoms with Crippen LogP contribution < -0.4 is 0 Å². The molecular formula is C13H20F4O3. The Kier molecular flexibility index (Phi) is 6.67. The van der Waals surface area contributed by atoms with Gasteiger partial charge >= 0.3 is 12.1 Å². The average molecular weight is 300 g/mol. The van der Waals surface area contributed by atoms with Crippen molar-refractivity contribution >= 4 is 5.97 Å². The molecule has 3 unspecified atom stereocenters. The molecule has 0 spiro atoms. The summed E-state index contributed by atoms with van der Waals surface area (Å²) >= 11 is 0. The number of esters is 1. The van der Waals surface area contributed by atoms with Crippen LogP contribution in [0.25, 0.3) is 0 Å². The van der Waals surface area contributed by atoms with Gasteiger partial charge < -0.3 is 9.84 Å². The Bertz CT molecular complexity index is 337. The molecule has 0 aromatic heterocycles. The highest BCUT2D eigenvalue weighted by atomic mass is 19.4. The summed E-state index contributed by atoms with van der Waals surface area (Å²) in [5, 5.41) is 9.42. The molecule has 20 heavy (non-hydrogen) atoms. The summed E-state index contributed by atoms with van der Waals surface area (Å²) in [7, 11) is 0. The van der Waals surface area contributed by atoms with Crippen molar-refractivity contribution in [1.29, 1.82) is 0 Å².